The minimum absolute atomic E-state index is 0.00600. The van der Waals surface area contributed by atoms with Crippen molar-refractivity contribution in [1.29, 1.82) is 0 Å². The second-order valence-electron chi connectivity index (χ2n) is 7.34. The van der Waals surface area contributed by atoms with Crippen LogP contribution < -0.4 is 5.32 Å². The number of anilines is 1. The summed E-state index contributed by atoms with van der Waals surface area (Å²) in [6.45, 7) is 8.88. The maximum Gasteiger partial charge on any atom is 0.321 e. The lowest BCUT2D eigenvalue weighted by molar-refractivity contribution is 0.193. The van der Waals surface area contributed by atoms with E-state index in [-0.39, 0.29) is 6.03 Å². The highest BCUT2D eigenvalue weighted by Crippen LogP contribution is 2.28. The predicted molar refractivity (Wildman–Crippen MR) is 106 cm³/mol. The fraction of sp³-hybridized carbons (Fsp3) is 0.524. The van der Waals surface area contributed by atoms with Gasteiger partial charge in [-0.25, -0.2) is 9.78 Å². The van der Waals surface area contributed by atoms with E-state index >= 15 is 0 Å². The number of rotatable bonds is 5. The number of aromatic nitrogens is 2. The van der Waals surface area contributed by atoms with E-state index in [1.807, 2.05) is 37.1 Å². The van der Waals surface area contributed by atoms with E-state index in [0.29, 0.717) is 5.92 Å². The fourth-order valence-electron chi connectivity index (χ4n) is 3.60. The van der Waals surface area contributed by atoms with Crippen LogP contribution in [0.15, 0.2) is 30.6 Å². The summed E-state index contributed by atoms with van der Waals surface area (Å²) in [6.07, 6.45) is 8.32. The number of aryl methyl sites for hydroxylation is 3. The van der Waals surface area contributed by atoms with Crippen LogP contribution in [0.3, 0.4) is 0 Å². The van der Waals surface area contributed by atoms with Crippen molar-refractivity contribution in [3.05, 3.63) is 47.5 Å². The Bertz CT molecular complexity index is 744. The SMILES string of the molecule is CCCCn1ccnc1C1CCN(C(=O)Nc2cc(C)ccc2C)CC1. The van der Waals surface area contributed by atoms with Gasteiger partial charge in [-0.1, -0.05) is 25.5 Å². The van der Waals surface area contributed by atoms with E-state index in [1.54, 1.807) is 0 Å². The normalized spacial score (nSPS) is 15.3. The predicted octanol–water partition coefficient (Wildman–Crippen LogP) is 4.71. The molecule has 1 N–H and O–H groups in total. The van der Waals surface area contributed by atoms with Gasteiger partial charge in [0.25, 0.3) is 0 Å². The summed E-state index contributed by atoms with van der Waals surface area (Å²) in [4.78, 5) is 19.2. The van der Waals surface area contributed by atoms with E-state index in [0.717, 1.165) is 49.3 Å². The molecular formula is C21H30N4O. The molecule has 1 aliphatic heterocycles. The minimum Gasteiger partial charge on any atom is -0.335 e. The van der Waals surface area contributed by atoms with Gasteiger partial charge in [0.1, 0.15) is 5.82 Å². The molecular weight excluding hydrogens is 324 g/mol. The molecule has 5 nitrogen and oxygen atoms in total. The molecule has 1 aliphatic rings. The van der Waals surface area contributed by atoms with Crippen molar-refractivity contribution in [2.75, 3.05) is 18.4 Å². The van der Waals surface area contributed by atoms with Crippen LogP contribution in [0, 0.1) is 13.8 Å². The van der Waals surface area contributed by atoms with Crippen LogP contribution in [0.1, 0.15) is 55.5 Å². The van der Waals surface area contributed by atoms with Gasteiger partial charge in [0.2, 0.25) is 0 Å². The topological polar surface area (TPSA) is 50.2 Å². The molecule has 5 heteroatoms. The lowest BCUT2D eigenvalue weighted by atomic mass is 9.96. The van der Waals surface area contributed by atoms with Crippen LogP contribution in [0.4, 0.5) is 10.5 Å². The Morgan fingerprint density at radius 2 is 2.04 bits per heavy atom. The molecule has 0 aliphatic carbocycles. The highest BCUT2D eigenvalue weighted by molar-refractivity contribution is 5.90. The summed E-state index contributed by atoms with van der Waals surface area (Å²) in [5.41, 5.74) is 3.16. The molecule has 26 heavy (non-hydrogen) atoms. The van der Waals surface area contributed by atoms with Crippen molar-refractivity contribution in [3.63, 3.8) is 0 Å². The second-order valence-corrected chi connectivity index (χ2v) is 7.34. The van der Waals surface area contributed by atoms with Crippen molar-refractivity contribution in [2.24, 2.45) is 0 Å². The number of piperidine rings is 1. The Kier molecular flexibility index (Phi) is 5.96. The van der Waals surface area contributed by atoms with Crippen LogP contribution in [0.5, 0.6) is 0 Å². The summed E-state index contributed by atoms with van der Waals surface area (Å²) in [5, 5.41) is 3.08. The van der Waals surface area contributed by atoms with Crippen molar-refractivity contribution in [2.45, 2.75) is 58.9 Å². The highest BCUT2D eigenvalue weighted by Gasteiger charge is 2.26. The maximum atomic E-state index is 12.6. The van der Waals surface area contributed by atoms with Gasteiger partial charge < -0.3 is 14.8 Å². The molecule has 0 unspecified atom stereocenters. The van der Waals surface area contributed by atoms with Gasteiger partial charge in [0.05, 0.1) is 0 Å². The molecule has 0 bridgehead atoms. The zero-order valence-electron chi connectivity index (χ0n) is 16.2. The summed E-state index contributed by atoms with van der Waals surface area (Å²) in [5.74, 6) is 1.64. The van der Waals surface area contributed by atoms with Gasteiger partial charge in [-0.3, -0.25) is 0 Å². The lowest BCUT2D eigenvalue weighted by Crippen LogP contribution is -2.41. The molecule has 0 spiro atoms. The number of nitrogens with one attached hydrogen (secondary N) is 1. The molecule has 0 atom stereocenters. The number of carbonyl (C=O) groups excluding carboxylic acids is 1. The fourth-order valence-corrected chi connectivity index (χ4v) is 3.60. The number of nitrogens with zero attached hydrogens (tertiary/aromatic N) is 3. The van der Waals surface area contributed by atoms with E-state index in [2.05, 4.69) is 34.1 Å². The molecule has 2 amide bonds. The molecule has 1 saturated heterocycles. The van der Waals surface area contributed by atoms with Crippen molar-refractivity contribution in [1.82, 2.24) is 14.5 Å². The molecule has 2 aromatic rings. The summed E-state index contributed by atoms with van der Waals surface area (Å²) < 4.78 is 2.29. The molecule has 2 heterocycles. The number of hydrogen-bond donors (Lipinski definition) is 1. The minimum atomic E-state index is 0.00600. The monoisotopic (exact) mass is 354 g/mol. The molecule has 3 rings (SSSR count). The third-order valence-electron chi connectivity index (χ3n) is 5.28. The molecule has 0 radical (unpaired) electrons. The largest absolute Gasteiger partial charge is 0.335 e. The van der Waals surface area contributed by atoms with Gasteiger partial charge in [-0.15, -0.1) is 0 Å². The summed E-state index contributed by atoms with van der Waals surface area (Å²) in [7, 11) is 0. The van der Waals surface area contributed by atoms with Gasteiger partial charge >= 0.3 is 6.03 Å². The molecule has 1 fully saturated rings. The standard InChI is InChI=1S/C21H30N4O/c1-4-5-11-24-14-10-22-20(24)18-8-12-25(13-9-18)21(26)23-19-15-16(2)6-7-17(19)3/h6-7,10,14-15,18H,4-5,8-9,11-13H2,1-3H3,(H,23,26). The van der Waals surface area contributed by atoms with E-state index in [4.69, 9.17) is 0 Å². The van der Waals surface area contributed by atoms with Gasteiger partial charge in [-0.05, 0) is 50.3 Å². The number of amides is 2. The average molecular weight is 354 g/mol. The van der Waals surface area contributed by atoms with E-state index < -0.39 is 0 Å². The van der Waals surface area contributed by atoms with Gasteiger partial charge in [0.15, 0.2) is 0 Å². The van der Waals surface area contributed by atoms with Crippen LogP contribution in [0.25, 0.3) is 0 Å². The van der Waals surface area contributed by atoms with Crippen LogP contribution in [0.2, 0.25) is 0 Å². The van der Waals surface area contributed by atoms with Crippen molar-refractivity contribution >= 4 is 11.7 Å². The zero-order chi connectivity index (χ0) is 18.5. The first-order valence-corrected chi connectivity index (χ1v) is 9.72. The first kappa shape index (κ1) is 18.5. The Hall–Kier alpha value is -2.30. The Labute approximate surface area is 156 Å². The van der Waals surface area contributed by atoms with Gasteiger partial charge in [0, 0.05) is 43.6 Å². The number of urea groups is 1. The van der Waals surface area contributed by atoms with Crippen molar-refractivity contribution in [3.8, 4) is 0 Å². The first-order chi connectivity index (χ1) is 12.6. The summed E-state index contributed by atoms with van der Waals surface area (Å²) >= 11 is 0. The van der Waals surface area contributed by atoms with Gasteiger partial charge in [-0.2, -0.15) is 0 Å². The quantitative estimate of drug-likeness (QED) is 0.845. The number of unbranched alkanes of at least 4 members (excludes halogenated alkanes) is 1. The average Bonchev–Trinajstić information content (AvgIpc) is 3.11. The van der Waals surface area contributed by atoms with E-state index in [9.17, 15) is 4.79 Å². The third-order valence-corrected chi connectivity index (χ3v) is 5.28. The summed E-state index contributed by atoms with van der Waals surface area (Å²) in [6, 6.07) is 6.15. The van der Waals surface area contributed by atoms with Crippen LogP contribution >= 0.6 is 0 Å². The number of benzene rings is 1. The van der Waals surface area contributed by atoms with Crippen molar-refractivity contribution < 1.29 is 4.79 Å². The lowest BCUT2D eigenvalue weighted by Gasteiger charge is -2.32. The first-order valence-electron chi connectivity index (χ1n) is 9.72. The van der Waals surface area contributed by atoms with E-state index in [1.165, 1.54) is 18.7 Å². The molecule has 140 valence electrons. The molecule has 1 aromatic carbocycles. The molecule has 1 aromatic heterocycles. The second kappa shape index (κ2) is 8.39. The Morgan fingerprint density at radius 1 is 1.27 bits per heavy atom. The number of likely N-dealkylation sites (tertiary alicyclic amines) is 1. The highest BCUT2D eigenvalue weighted by atomic mass is 16.2. The third kappa shape index (κ3) is 4.26. The zero-order valence-corrected chi connectivity index (χ0v) is 16.2. The Morgan fingerprint density at radius 3 is 2.77 bits per heavy atom. The maximum absolute atomic E-state index is 12.6. The smallest absolute Gasteiger partial charge is 0.321 e. The number of hydrogen-bond acceptors (Lipinski definition) is 2. The number of imidazole rings is 1. The molecule has 0 saturated carbocycles. The Balaban J connectivity index is 1.57. The van der Waals surface area contributed by atoms with Crippen LogP contribution in [-0.4, -0.2) is 33.6 Å². The number of carbonyl (C=O) groups is 1. The van der Waals surface area contributed by atoms with Crippen LogP contribution in [-0.2, 0) is 6.54 Å².